The Morgan fingerprint density at radius 3 is 2.71 bits per heavy atom. The highest BCUT2D eigenvalue weighted by atomic mass is 35.5. The van der Waals surface area contributed by atoms with Gasteiger partial charge in [0.2, 0.25) is 5.91 Å². The van der Waals surface area contributed by atoms with Crippen LogP contribution in [0.2, 0.25) is 0 Å². The van der Waals surface area contributed by atoms with Crippen molar-refractivity contribution >= 4 is 41.7 Å². The SMILES string of the molecule is Cl.O=C(Nc1cccc(C(=O)N2CCSCC2)c1)C1CCCCN1. The number of carbonyl (C=O) groups is 2. The van der Waals surface area contributed by atoms with Crippen LogP contribution in [0.5, 0.6) is 0 Å². The van der Waals surface area contributed by atoms with Crippen molar-refractivity contribution in [2.45, 2.75) is 25.3 Å². The molecule has 24 heavy (non-hydrogen) atoms. The van der Waals surface area contributed by atoms with E-state index in [1.165, 1.54) is 0 Å². The molecule has 0 aliphatic carbocycles. The molecule has 2 aliphatic rings. The molecule has 0 aromatic heterocycles. The fourth-order valence-electron chi connectivity index (χ4n) is 2.98. The molecule has 0 bridgehead atoms. The highest BCUT2D eigenvalue weighted by molar-refractivity contribution is 7.99. The van der Waals surface area contributed by atoms with Gasteiger partial charge in [0.05, 0.1) is 6.04 Å². The molecule has 1 aromatic carbocycles. The summed E-state index contributed by atoms with van der Waals surface area (Å²) >= 11 is 1.88. The minimum atomic E-state index is -0.123. The van der Waals surface area contributed by atoms with E-state index in [4.69, 9.17) is 0 Å². The third-order valence-corrected chi connectivity index (χ3v) is 5.24. The van der Waals surface area contributed by atoms with Gasteiger partial charge >= 0.3 is 0 Å². The second kappa shape index (κ2) is 9.30. The van der Waals surface area contributed by atoms with Gasteiger partial charge < -0.3 is 15.5 Å². The van der Waals surface area contributed by atoms with E-state index in [0.29, 0.717) is 11.3 Å². The van der Waals surface area contributed by atoms with Crippen LogP contribution in [-0.4, -0.2) is 53.9 Å². The van der Waals surface area contributed by atoms with Gasteiger partial charge in [-0.1, -0.05) is 12.5 Å². The van der Waals surface area contributed by atoms with Crippen molar-refractivity contribution < 1.29 is 9.59 Å². The number of halogens is 1. The first-order chi connectivity index (χ1) is 11.2. The number of nitrogens with one attached hydrogen (secondary N) is 2. The van der Waals surface area contributed by atoms with Gasteiger partial charge in [0.25, 0.3) is 5.91 Å². The number of hydrogen-bond acceptors (Lipinski definition) is 4. The van der Waals surface area contributed by atoms with Crippen molar-refractivity contribution in [2.24, 2.45) is 0 Å². The molecule has 2 aliphatic heterocycles. The van der Waals surface area contributed by atoms with Gasteiger partial charge in [0.15, 0.2) is 0 Å². The lowest BCUT2D eigenvalue weighted by atomic mass is 10.0. The van der Waals surface area contributed by atoms with Gasteiger partial charge in [0, 0.05) is 35.8 Å². The van der Waals surface area contributed by atoms with Crippen LogP contribution in [-0.2, 0) is 4.79 Å². The number of carbonyl (C=O) groups excluding carboxylic acids is 2. The van der Waals surface area contributed by atoms with Crippen LogP contribution in [0.25, 0.3) is 0 Å². The zero-order valence-corrected chi connectivity index (χ0v) is 15.3. The molecular formula is C17H24ClN3O2S. The first-order valence-corrected chi connectivity index (χ1v) is 9.41. The van der Waals surface area contributed by atoms with Crippen molar-refractivity contribution in [3.05, 3.63) is 29.8 Å². The van der Waals surface area contributed by atoms with E-state index in [2.05, 4.69) is 10.6 Å². The summed E-state index contributed by atoms with van der Waals surface area (Å²) in [5, 5.41) is 6.17. The summed E-state index contributed by atoms with van der Waals surface area (Å²) < 4.78 is 0. The molecule has 0 saturated carbocycles. The molecule has 2 heterocycles. The van der Waals surface area contributed by atoms with E-state index >= 15 is 0 Å². The molecule has 3 rings (SSSR count). The Hall–Kier alpha value is -1.24. The number of piperidine rings is 1. The van der Waals surface area contributed by atoms with Crippen LogP contribution in [0.1, 0.15) is 29.6 Å². The third kappa shape index (κ3) is 4.88. The monoisotopic (exact) mass is 369 g/mol. The molecular weight excluding hydrogens is 346 g/mol. The molecule has 2 amide bonds. The van der Waals surface area contributed by atoms with Crippen LogP contribution >= 0.6 is 24.2 Å². The Kier molecular flexibility index (Phi) is 7.40. The average Bonchev–Trinajstić information content (AvgIpc) is 2.63. The summed E-state index contributed by atoms with van der Waals surface area (Å²) in [7, 11) is 0. The second-order valence-corrected chi connectivity index (χ2v) is 7.20. The van der Waals surface area contributed by atoms with Crippen molar-refractivity contribution in [3.63, 3.8) is 0 Å². The van der Waals surface area contributed by atoms with Crippen molar-refractivity contribution in [1.82, 2.24) is 10.2 Å². The van der Waals surface area contributed by atoms with Crippen molar-refractivity contribution in [2.75, 3.05) is 36.5 Å². The Morgan fingerprint density at radius 1 is 1.21 bits per heavy atom. The lowest BCUT2D eigenvalue weighted by Gasteiger charge is -2.26. The molecule has 132 valence electrons. The number of anilines is 1. The topological polar surface area (TPSA) is 61.4 Å². The lowest BCUT2D eigenvalue weighted by Crippen LogP contribution is -2.43. The predicted octanol–water partition coefficient (Wildman–Crippen LogP) is 2.38. The maximum Gasteiger partial charge on any atom is 0.253 e. The van der Waals surface area contributed by atoms with Gasteiger partial charge in [-0.15, -0.1) is 12.4 Å². The Balaban J connectivity index is 0.00000208. The summed E-state index contributed by atoms with van der Waals surface area (Å²) in [6, 6.07) is 7.14. The smallest absolute Gasteiger partial charge is 0.253 e. The third-order valence-electron chi connectivity index (χ3n) is 4.30. The quantitative estimate of drug-likeness (QED) is 0.858. The zero-order valence-electron chi connectivity index (χ0n) is 13.6. The number of hydrogen-bond donors (Lipinski definition) is 2. The Labute approximate surface area is 153 Å². The van der Waals surface area contributed by atoms with Crippen LogP contribution in [0.4, 0.5) is 5.69 Å². The molecule has 1 unspecified atom stereocenters. The fraction of sp³-hybridized carbons (Fsp3) is 0.529. The molecule has 2 N–H and O–H groups in total. The van der Waals surface area contributed by atoms with Gasteiger partial charge in [-0.05, 0) is 37.6 Å². The number of nitrogens with zero attached hydrogens (tertiary/aromatic N) is 1. The fourth-order valence-corrected chi connectivity index (χ4v) is 3.89. The van der Waals surface area contributed by atoms with E-state index in [9.17, 15) is 9.59 Å². The molecule has 2 saturated heterocycles. The van der Waals surface area contributed by atoms with E-state index in [1.54, 1.807) is 6.07 Å². The maximum absolute atomic E-state index is 12.5. The standard InChI is InChI=1S/C17H23N3O2S.ClH/c21-16(15-6-1-2-7-18-15)19-14-5-3-4-13(12-14)17(22)20-8-10-23-11-9-20;/h3-5,12,15,18H,1-2,6-11H2,(H,19,21);1H. The van der Waals surface area contributed by atoms with Gasteiger partial charge in [-0.25, -0.2) is 0 Å². The van der Waals surface area contributed by atoms with Crippen LogP contribution in [0.3, 0.4) is 0 Å². The highest BCUT2D eigenvalue weighted by Crippen LogP contribution is 2.17. The Bertz CT molecular complexity index is 573. The average molecular weight is 370 g/mol. The lowest BCUT2D eigenvalue weighted by molar-refractivity contribution is -0.118. The van der Waals surface area contributed by atoms with Gasteiger partial charge in [-0.2, -0.15) is 11.8 Å². The molecule has 5 nitrogen and oxygen atoms in total. The normalized spacial score (nSPS) is 20.8. The van der Waals surface area contributed by atoms with E-state index in [1.807, 2.05) is 34.9 Å². The first-order valence-electron chi connectivity index (χ1n) is 8.25. The second-order valence-electron chi connectivity index (χ2n) is 5.98. The van der Waals surface area contributed by atoms with E-state index in [-0.39, 0.29) is 30.3 Å². The largest absolute Gasteiger partial charge is 0.337 e. The summed E-state index contributed by atoms with van der Waals surface area (Å²) in [6.07, 6.45) is 3.08. The van der Waals surface area contributed by atoms with Crippen LogP contribution < -0.4 is 10.6 Å². The number of amides is 2. The van der Waals surface area contributed by atoms with Crippen LogP contribution in [0.15, 0.2) is 24.3 Å². The molecule has 0 radical (unpaired) electrons. The maximum atomic E-state index is 12.5. The van der Waals surface area contributed by atoms with Crippen molar-refractivity contribution in [3.8, 4) is 0 Å². The summed E-state index contributed by atoms with van der Waals surface area (Å²) in [6.45, 7) is 2.49. The van der Waals surface area contributed by atoms with Crippen LogP contribution in [0, 0.1) is 0 Å². The molecule has 7 heteroatoms. The summed E-state index contributed by atoms with van der Waals surface area (Å²) in [5.41, 5.74) is 1.34. The van der Waals surface area contributed by atoms with Gasteiger partial charge in [0.1, 0.15) is 0 Å². The van der Waals surface area contributed by atoms with E-state index < -0.39 is 0 Å². The number of thioether (sulfide) groups is 1. The first kappa shape index (κ1) is 19.1. The predicted molar refractivity (Wildman–Crippen MR) is 101 cm³/mol. The summed E-state index contributed by atoms with van der Waals surface area (Å²) in [5.74, 6) is 2.03. The number of rotatable bonds is 3. The van der Waals surface area contributed by atoms with E-state index in [0.717, 1.165) is 50.4 Å². The molecule has 2 fully saturated rings. The minimum Gasteiger partial charge on any atom is -0.337 e. The Morgan fingerprint density at radius 2 is 2.00 bits per heavy atom. The summed E-state index contributed by atoms with van der Waals surface area (Å²) in [4.78, 5) is 26.7. The highest BCUT2D eigenvalue weighted by Gasteiger charge is 2.22. The van der Waals surface area contributed by atoms with Gasteiger partial charge in [-0.3, -0.25) is 9.59 Å². The molecule has 1 aromatic rings. The minimum absolute atomic E-state index is 0. The number of benzene rings is 1. The zero-order chi connectivity index (χ0) is 16.1. The molecule has 1 atom stereocenters. The molecule has 0 spiro atoms. The van der Waals surface area contributed by atoms with Crippen molar-refractivity contribution in [1.29, 1.82) is 0 Å².